The molecule has 5 nitrogen and oxygen atoms in total. The molecular formula is C14H17N3O2. The molecule has 0 atom stereocenters. The molecule has 5 heteroatoms. The quantitative estimate of drug-likeness (QED) is 0.626. The van der Waals surface area contributed by atoms with Crippen LogP contribution in [0.1, 0.15) is 38.2 Å². The van der Waals surface area contributed by atoms with E-state index < -0.39 is 4.92 Å². The maximum atomic E-state index is 11.0. The van der Waals surface area contributed by atoms with E-state index in [1.807, 2.05) is 6.07 Å². The minimum atomic E-state index is -0.442. The van der Waals surface area contributed by atoms with Crippen LogP contribution in [0, 0.1) is 26.9 Å². The zero-order valence-electron chi connectivity index (χ0n) is 11.0. The van der Waals surface area contributed by atoms with Gasteiger partial charge in [-0.2, -0.15) is 5.26 Å². The summed E-state index contributed by atoms with van der Waals surface area (Å²) in [4.78, 5) is 10.6. The second-order valence-electron chi connectivity index (χ2n) is 5.20. The molecule has 2 rings (SSSR count). The topological polar surface area (TPSA) is 79.0 Å². The number of hydrogen-bond donors (Lipinski definition) is 1. The zero-order valence-corrected chi connectivity index (χ0v) is 11.0. The third-order valence-electron chi connectivity index (χ3n) is 3.71. The Morgan fingerprint density at radius 3 is 2.79 bits per heavy atom. The van der Waals surface area contributed by atoms with Crippen molar-refractivity contribution in [2.75, 3.05) is 11.9 Å². The van der Waals surface area contributed by atoms with Crippen molar-refractivity contribution in [2.45, 2.75) is 32.6 Å². The monoisotopic (exact) mass is 259 g/mol. The molecule has 100 valence electrons. The van der Waals surface area contributed by atoms with E-state index in [0.29, 0.717) is 16.7 Å². The number of nitrogens with zero attached hydrogens (tertiary/aromatic N) is 2. The number of nitro benzene ring substituents is 1. The Hall–Kier alpha value is -2.09. The van der Waals surface area contributed by atoms with Crippen LogP contribution in [0.15, 0.2) is 18.2 Å². The van der Waals surface area contributed by atoms with Crippen molar-refractivity contribution in [1.29, 1.82) is 5.26 Å². The highest BCUT2D eigenvalue weighted by molar-refractivity contribution is 5.64. The first kappa shape index (κ1) is 13.3. The fraction of sp³-hybridized carbons (Fsp3) is 0.500. The minimum Gasteiger partial charge on any atom is -0.379 e. The van der Waals surface area contributed by atoms with E-state index in [1.165, 1.54) is 18.9 Å². The van der Waals surface area contributed by atoms with Gasteiger partial charge in [0.2, 0.25) is 0 Å². The molecule has 1 fully saturated rings. The summed E-state index contributed by atoms with van der Waals surface area (Å²) in [5.74, 6) is 0. The van der Waals surface area contributed by atoms with Gasteiger partial charge in [-0.05, 0) is 36.8 Å². The van der Waals surface area contributed by atoms with Crippen molar-refractivity contribution in [3.63, 3.8) is 0 Å². The average molecular weight is 259 g/mol. The first-order chi connectivity index (χ1) is 9.10. The fourth-order valence-corrected chi connectivity index (χ4v) is 2.41. The van der Waals surface area contributed by atoms with Crippen LogP contribution in [-0.2, 0) is 0 Å². The fourth-order valence-electron chi connectivity index (χ4n) is 2.41. The van der Waals surface area contributed by atoms with E-state index in [2.05, 4.69) is 12.2 Å². The molecule has 0 saturated heterocycles. The van der Waals surface area contributed by atoms with Crippen molar-refractivity contribution < 1.29 is 4.92 Å². The van der Waals surface area contributed by atoms with Gasteiger partial charge in [-0.15, -0.1) is 0 Å². The maximum absolute atomic E-state index is 11.0. The lowest BCUT2D eigenvalue weighted by Crippen LogP contribution is -2.16. The lowest BCUT2D eigenvalue weighted by Gasteiger charge is -2.15. The predicted molar refractivity (Wildman–Crippen MR) is 72.9 cm³/mol. The van der Waals surface area contributed by atoms with Crippen LogP contribution in [0.2, 0.25) is 0 Å². The largest absolute Gasteiger partial charge is 0.379 e. The van der Waals surface area contributed by atoms with Gasteiger partial charge in [0.05, 0.1) is 16.6 Å². The average Bonchev–Trinajstić information content (AvgIpc) is 3.17. The van der Waals surface area contributed by atoms with Crippen molar-refractivity contribution in [3.05, 3.63) is 33.9 Å². The van der Waals surface area contributed by atoms with Crippen molar-refractivity contribution in [1.82, 2.24) is 0 Å². The molecule has 0 spiro atoms. The number of nitro groups is 1. The number of anilines is 1. The first-order valence-corrected chi connectivity index (χ1v) is 6.53. The van der Waals surface area contributed by atoms with E-state index in [0.717, 1.165) is 19.4 Å². The molecule has 1 aliphatic carbocycles. The Labute approximate surface area is 112 Å². The number of rotatable bonds is 6. The number of nitriles is 1. The molecule has 0 unspecified atom stereocenters. The molecule has 1 saturated carbocycles. The van der Waals surface area contributed by atoms with Crippen molar-refractivity contribution >= 4 is 11.4 Å². The van der Waals surface area contributed by atoms with Crippen LogP contribution in [-0.4, -0.2) is 11.5 Å². The lowest BCUT2D eigenvalue weighted by atomic mass is 10.0. The Kier molecular flexibility index (Phi) is 3.70. The Balaban J connectivity index is 2.12. The van der Waals surface area contributed by atoms with Gasteiger partial charge < -0.3 is 5.32 Å². The smallest absolute Gasteiger partial charge is 0.293 e. The Morgan fingerprint density at radius 1 is 1.53 bits per heavy atom. The van der Waals surface area contributed by atoms with E-state index in [9.17, 15) is 10.1 Å². The summed E-state index contributed by atoms with van der Waals surface area (Å²) in [5, 5.41) is 23.0. The molecule has 0 radical (unpaired) electrons. The van der Waals surface area contributed by atoms with Crippen molar-refractivity contribution in [2.24, 2.45) is 5.41 Å². The number of nitrogens with one attached hydrogen (secondary N) is 1. The van der Waals surface area contributed by atoms with Crippen LogP contribution in [0.4, 0.5) is 11.4 Å². The Bertz CT molecular complexity index is 530. The molecule has 1 aromatic carbocycles. The number of benzene rings is 1. The normalized spacial score (nSPS) is 15.6. The minimum absolute atomic E-state index is 0.0219. The molecular weight excluding hydrogens is 242 g/mol. The second-order valence-corrected chi connectivity index (χ2v) is 5.20. The highest BCUT2D eigenvalue weighted by Gasteiger charge is 2.41. The predicted octanol–water partition coefficient (Wildman–Crippen LogP) is 3.46. The van der Waals surface area contributed by atoms with E-state index in [1.54, 1.807) is 12.1 Å². The summed E-state index contributed by atoms with van der Waals surface area (Å²) in [6, 6.07) is 6.47. The van der Waals surface area contributed by atoms with Crippen LogP contribution in [0.25, 0.3) is 0 Å². The summed E-state index contributed by atoms with van der Waals surface area (Å²) in [5.41, 5.74) is 1.13. The van der Waals surface area contributed by atoms with Crippen LogP contribution in [0.5, 0.6) is 0 Å². The first-order valence-electron chi connectivity index (χ1n) is 6.53. The van der Waals surface area contributed by atoms with Gasteiger partial charge in [0.25, 0.3) is 5.69 Å². The van der Waals surface area contributed by atoms with E-state index in [4.69, 9.17) is 5.26 Å². The molecule has 1 N–H and O–H groups in total. The summed E-state index contributed by atoms with van der Waals surface area (Å²) >= 11 is 0. The second kappa shape index (κ2) is 5.27. The van der Waals surface area contributed by atoms with Gasteiger partial charge in [-0.3, -0.25) is 10.1 Å². The van der Waals surface area contributed by atoms with E-state index >= 15 is 0 Å². The van der Waals surface area contributed by atoms with Gasteiger partial charge in [0.1, 0.15) is 5.69 Å². The Morgan fingerprint density at radius 2 is 2.26 bits per heavy atom. The van der Waals surface area contributed by atoms with Crippen molar-refractivity contribution in [3.8, 4) is 6.07 Å². The molecule has 1 aromatic rings. The SMILES string of the molecule is CCCC1(CNc2ccc(C#N)cc2[N+](=O)[O-])CC1. The van der Waals surface area contributed by atoms with Gasteiger partial charge in [0.15, 0.2) is 0 Å². The lowest BCUT2D eigenvalue weighted by molar-refractivity contribution is -0.384. The third-order valence-corrected chi connectivity index (χ3v) is 3.71. The molecule has 0 amide bonds. The third kappa shape index (κ3) is 3.02. The van der Waals surface area contributed by atoms with Gasteiger partial charge in [-0.1, -0.05) is 13.3 Å². The highest BCUT2D eigenvalue weighted by Crippen LogP contribution is 2.49. The summed E-state index contributed by atoms with van der Waals surface area (Å²) < 4.78 is 0. The maximum Gasteiger partial charge on any atom is 0.293 e. The van der Waals surface area contributed by atoms with E-state index in [-0.39, 0.29) is 5.69 Å². The van der Waals surface area contributed by atoms with Gasteiger partial charge in [0, 0.05) is 12.6 Å². The zero-order chi connectivity index (χ0) is 13.9. The molecule has 0 bridgehead atoms. The van der Waals surface area contributed by atoms with Crippen LogP contribution < -0.4 is 5.32 Å². The summed E-state index contributed by atoms with van der Waals surface area (Å²) in [6.07, 6.45) is 4.68. The summed E-state index contributed by atoms with van der Waals surface area (Å²) in [7, 11) is 0. The van der Waals surface area contributed by atoms with Crippen LogP contribution >= 0.6 is 0 Å². The van der Waals surface area contributed by atoms with Crippen LogP contribution in [0.3, 0.4) is 0 Å². The standard InChI is InChI=1S/C14H17N3O2/c1-2-5-14(6-7-14)10-16-12-4-3-11(9-15)8-13(12)17(18)19/h3-4,8,16H,2,5-7,10H2,1H3. The molecule has 0 heterocycles. The number of hydrogen-bond acceptors (Lipinski definition) is 4. The molecule has 0 aromatic heterocycles. The van der Waals surface area contributed by atoms with Gasteiger partial charge in [-0.25, -0.2) is 0 Å². The molecule has 1 aliphatic rings. The summed E-state index contributed by atoms with van der Waals surface area (Å²) in [6.45, 7) is 2.93. The molecule has 0 aliphatic heterocycles. The highest BCUT2D eigenvalue weighted by atomic mass is 16.6. The molecule has 19 heavy (non-hydrogen) atoms. The van der Waals surface area contributed by atoms with Gasteiger partial charge >= 0.3 is 0 Å².